The van der Waals surface area contributed by atoms with Crippen molar-refractivity contribution in [2.75, 3.05) is 18.8 Å². The Morgan fingerprint density at radius 2 is 1.92 bits per heavy atom. The molecule has 6 nitrogen and oxygen atoms in total. The fourth-order valence-electron chi connectivity index (χ4n) is 2.64. The molecule has 1 aromatic carbocycles. The predicted molar refractivity (Wildman–Crippen MR) is 97.9 cm³/mol. The van der Waals surface area contributed by atoms with E-state index in [1.54, 1.807) is 12.1 Å². The lowest BCUT2D eigenvalue weighted by atomic mass is 10.1. The second-order valence-electron chi connectivity index (χ2n) is 5.93. The number of carbonyl (C=O) groups is 1. The van der Waals surface area contributed by atoms with Gasteiger partial charge < -0.3 is 14.2 Å². The molecule has 0 radical (unpaired) electrons. The fourth-order valence-corrected chi connectivity index (χ4v) is 3.59. The molecular weight excluding hydrogens is 360 g/mol. The summed E-state index contributed by atoms with van der Waals surface area (Å²) in [6.45, 7) is 2.06. The van der Waals surface area contributed by atoms with E-state index >= 15 is 0 Å². The largest absolute Gasteiger partial charge is 0.486 e. The summed E-state index contributed by atoms with van der Waals surface area (Å²) < 4.78 is 7.56. The third kappa shape index (κ3) is 4.89. The first-order valence-corrected chi connectivity index (χ1v) is 9.67. The summed E-state index contributed by atoms with van der Waals surface area (Å²) in [5, 5.41) is 9.71. The standard InChI is InChI=1S/C17H21ClN4O2S/c1-21-15(11-24-14-7-5-13(18)6-8-14)19-20-17(21)25-12-16(23)22-9-3-2-4-10-22/h5-8H,2-4,9-12H2,1H3. The lowest BCUT2D eigenvalue weighted by Gasteiger charge is -2.26. The Bertz CT molecular complexity index is 714. The maximum absolute atomic E-state index is 12.2. The van der Waals surface area contributed by atoms with E-state index in [0.717, 1.165) is 36.8 Å². The molecule has 1 saturated heterocycles. The molecule has 8 heteroatoms. The number of hydrogen-bond acceptors (Lipinski definition) is 5. The van der Waals surface area contributed by atoms with Crippen LogP contribution in [0.2, 0.25) is 5.02 Å². The molecule has 1 fully saturated rings. The van der Waals surface area contributed by atoms with Gasteiger partial charge in [0.25, 0.3) is 0 Å². The summed E-state index contributed by atoms with van der Waals surface area (Å²) in [7, 11) is 1.88. The SMILES string of the molecule is Cn1c(COc2ccc(Cl)cc2)nnc1SCC(=O)N1CCCCC1. The molecule has 1 aliphatic rings. The van der Waals surface area contributed by atoms with E-state index in [1.165, 1.54) is 18.2 Å². The Hall–Kier alpha value is -1.73. The monoisotopic (exact) mass is 380 g/mol. The second-order valence-corrected chi connectivity index (χ2v) is 7.31. The summed E-state index contributed by atoms with van der Waals surface area (Å²) in [4.78, 5) is 14.2. The Labute approximate surface area is 156 Å². The van der Waals surface area contributed by atoms with Crippen molar-refractivity contribution in [2.45, 2.75) is 31.0 Å². The first-order valence-electron chi connectivity index (χ1n) is 8.30. The van der Waals surface area contributed by atoms with Crippen LogP contribution < -0.4 is 4.74 Å². The number of ether oxygens (including phenoxy) is 1. The lowest BCUT2D eigenvalue weighted by Crippen LogP contribution is -2.36. The number of aromatic nitrogens is 3. The Balaban J connectivity index is 1.51. The highest BCUT2D eigenvalue weighted by Crippen LogP contribution is 2.20. The summed E-state index contributed by atoms with van der Waals surface area (Å²) in [5.41, 5.74) is 0. The highest BCUT2D eigenvalue weighted by Gasteiger charge is 2.18. The molecular formula is C17H21ClN4O2S. The van der Waals surface area contributed by atoms with Crippen LogP contribution in [0.4, 0.5) is 0 Å². The number of hydrogen-bond donors (Lipinski definition) is 0. The Kier molecular flexibility index (Phi) is 6.20. The average molecular weight is 381 g/mol. The number of benzene rings is 1. The maximum atomic E-state index is 12.2. The number of amides is 1. The number of thioether (sulfide) groups is 1. The van der Waals surface area contributed by atoms with Gasteiger partial charge in [0.2, 0.25) is 5.91 Å². The highest BCUT2D eigenvalue weighted by atomic mass is 35.5. The smallest absolute Gasteiger partial charge is 0.233 e. The van der Waals surface area contributed by atoms with Crippen LogP contribution >= 0.6 is 23.4 Å². The van der Waals surface area contributed by atoms with Gasteiger partial charge in [-0.25, -0.2) is 0 Å². The predicted octanol–water partition coefficient (Wildman–Crippen LogP) is 3.15. The van der Waals surface area contributed by atoms with Crippen molar-refractivity contribution in [3.05, 3.63) is 35.1 Å². The van der Waals surface area contributed by atoms with Crippen LogP contribution in [0.5, 0.6) is 5.75 Å². The van der Waals surface area contributed by atoms with E-state index in [9.17, 15) is 4.79 Å². The normalized spacial score (nSPS) is 14.6. The number of halogens is 1. The van der Waals surface area contributed by atoms with E-state index in [2.05, 4.69) is 10.2 Å². The molecule has 0 saturated carbocycles. The molecule has 3 rings (SSSR count). The van der Waals surface area contributed by atoms with Crippen molar-refractivity contribution >= 4 is 29.3 Å². The summed E-state index contributed by atoms with van der Waals surface area (Å²) >= 11 is 7.28. The summed E-state index contributed by atoms with van der Waals surface area (Å²) in [6, 6.07) is 7.18. The summed E-state index contributed by atoms with van der Waals surface area (Å²) in [5.74, 6) is 2.00. The van der Waals surface area contributed by atoms with Gasteiger partial charge in [-0.1, -0.05) is 23.4 Å². The molecule has 134 valence electrons. The van der Waals surface area contributed by atoms with Gasteiger partial charge in [-0.05, 0) is 43.5 Å². The highest BCUT2D eigenvalue weighted by molar-refractivity contribution is 7.99. The minimum Gasteiger partial charge on any atom is -0.486 e. The van der Waals surface area contributed by atoms with Crippen molar-refractivity contribution in [3.8, 4) is 5.75 Å². The second kappa shape index (κ2) is 8.58. The molecule has 0 bridgehead atoms. The minimum atomic E-state index is 0.173. The molecule has 1 aliphatic heterocycles. The van der Waals surface area contributed by atoms with Crippen LogP contribution in [0.25, 0.3) is 0 Å². The van der Waals surface area contributed by atoms with Crippen molar-refractivity contribution in [2.24, 2.45) is 7.05 Å². The zero-order valence-corrected chi connectivity index (χ0v) is 15.7. The quantitative estimate of drug-likeness (QED) is 0.720. The molecule has 0 N–H and O–H groups in total. The van der Waals surface area contributed by atoms with E-state index in [-0.39, 0.29) is 5.91 Å². The molecule has 2 heterocycles. The number of piperidine rings is 1. The third-order valence-corrected chi connectivity index (χ3v) is 5.40. The van der Waals surface area contributed by atoms with Crippen LogP contribution in [-0.4, -0.2) is 44.4 Å². The Morgan fingerprint density at radius 3 is 2.64 bits per heavy atom. The van der Waals surface area contributed by atoms with E-state index in [0.29, 0.717) is 23.2 Å². The first kappa shape index (κ1) is 18.1. The molecule has 0 aliphatic carbocycles. The first-order chi connectivity index (χ1) is 12.1. The zero-order valence-electron chi connectivity index (χ0n) is 14.2. The van der Waals surface area contributed by atoms with Gasteiger partial charge in [0.15, 0.2) is 11.0 Å². The van der Waals surface area contributed by atoms with Gasteiger partial charge in [-0.3, -0.25) is 4.79 Å². The number of carbonyl (C=O) groups excluding carboxylic acids is 1. The van der Waals surface area contributed by atoms with Crippen LogP contribution in [0.3, 0.4) is 0 Å². The van der Waals surface area contributed by atoms with Crippen LogP contribution in [0, 0.1) is 0 Å². The molecule has 25 heavy (non-hydrogen) atoms. The topological polar surface area (TPSA) is 60.2 Å². The van der Waals surface area contributed by atoms with E-state index in [1.807, 2.05) is 28.6 Å². The fraction of sp³-hybridized carbons (Fsp3) is 0.471. The van der Waals surface area contributed by atoms with Crippen LogP contribution in [0.15, 0.2) is 29.4 Å². The van der Waals surface area contributed by atoms with Crippen molar-refractivity contribution in [3.63, 3.8) is 0 Å². The lowest BCUT2D eigenvalue weighted by molar-refractivity contribution is -0.129. The molecule has 2 aromatic rings. The number of rotatable bonds is 6. The van der Waals surface area contributed by atoms with Gasteiger partial charge in [-0.15, -0.1) is 10.2 Å². The average Bonchev–Trinajstić information content (AvgIpc) is 3.00. The van der Waals surface area contributed by atoms with Crippen molar-refractivity contribution < 1.29 is 9.53 Å². The molecule has 0 spiro atoms. The van der Waals surface area contributed by atoms with Crippen LogP contribution in [0.1, 0.15) is 25.1 Å². The van der Waals surface area contributed by atoms with Gasteiger partial charge in [0.1, 0.15) is 12.4 Å². The van der Waals surface area contributed by atoms with Gasteiger partial charge in [0, 0.05) is 25.2 Å². The maximum Gasteiger partial charge on any atom is 0.233 e. The third-order valence-electron chi connectivity index (χ3n) is 4.14. The molecule has 0 atom stereocenters. The van der Waals surface area contributed by atoms with E-state index in [4.69, 9.17) is 16.3 Å². The van der Waals surface area contributed by atoms with Gasteiger partial charge in [0.05, 0.1) is 5.75 Å². The van der Waals surface area contributed by atoms with Gasteiger partial charge >= 0.3 is 0 Å². The number of nitrogens with zero attached hydrogens (tertiary/aromatic N) is 4. The molecule has 0 unspecified atom stereocenters. The van der Waals surface area contributed by atoms with Crippen molar-refractivity contribution in [1.82, 2.24) is 19.7 Å². The van der Waals surface area contributed by atoms with Gasteiger partial charge in [-0.2, -0.15) is 0 Å². The molecule has 1 aromatic heterocycles. The number of likely N-dealkylation sites (tertiary alicyclic amines) is 1. The van der Waals surface area contributed by atoms with Crippen molar-refractivity contribution in [1.29, 1.82) is 0 Å². The Morgan fingerprint density at radius 1 is 1.20 bits per heavy atom. The summed E-state index contributed by atoms with van der Waals surface area (Å²) in [6.07, 6.45) is 3.43. The van der Waals surface area contributed by atoms with E-state index < -0.39 is 0 Å². The zero-order chi connectivity index (χ0) is 17.6. The van der Waals surface area contributed by atoms with Crippen LogP contribution in [-0.2, 0) is 18.4 Å². The molecule has 1 amide bonds. The minimum absolute atomic E-state index is 0.173.